The van der Waals surface area contributed by atoms with E-state index in [1.165, 1.54) is 0 Å². The van der Waals surface area contributed by atoms with E-state index in [1.807, 2.05) is 0 Å². The van der Waals surface area contributed by atoms with Crippen molar-refractivity contribution >= 4 is 0 Å². The molecular formula is C10H17F3O2. The van der Waals surface area contributed by atoms with Gasteiger partial charge in [0, 0.05) is 6.42 Å². The van der Waals surface area contributed by atoms with Gasteiger partial charge in [-0.2, -0.15) is 13.2 Å². The maximum Gasteiger partial charge on any atom is 0.414 e. The fourth-order valence-electron chi connectivity index (χ4n) is 2.07. The molecule has 0 aromatic carbocycles. The van der Waals surface area contributed by atoms with Gasteiger partial charge in [-0.25, -0.2) is 0 Å². The number of aliphatic hydroxyl groups excluding tert-OH is 2. The van der Waals surface area contributed by atoms with Crippen LogP contribution < -0.4 is 0 Å². The first-order chi connectivity index (χ1) is 6.91. The number of hydrogen-bond donors (Lipinski definition) is 2. The molecule has 2 atom stereocenters. The molecule has 5 heteroatoms. The lowest BCUT2D eigenvalue weighted by atomic mass is 9.83. The highest BCUT2D eigenvalue weighted by Crippen LogP contribution is 2.31. The van der Waals surface area contributed by atoms with Crippen LogP contribution in [0.25, 0.3) is 0 Å². The van der Waals surface area contributed by atoms with Gasteiger partial charge in [-0.15, -0.1) is 0 Å². The normalized spacial score (nSPS) is 23.8. The number of rotatable bonds is 3. The molecule has 0 aromatic heterocycles. The van der Waals surface area contributed by atoms with Gasteiger partial charge in [0.25, 0.3) is 0 Å². The van der Waals surface area contributed by atoms with Crippen molar-refractivity contribution in [3.05, 3.63) is 0 Å². The highest BCUT2D eigenvalue weighted by Gasteiger charge is 2.40. The van der Waals surface area contributed by atoms with Crippen molar-refractivity contribution in [1.82, 2.24) is 0 Å². The third kappa shape index (κ3) is 3.99. The smallest absolute Gasteiger partial charge is 0.393 e. The average molecular weight is 226 g/mol. The van der Waals surface area contributed by atoms with Gasteiger partial charge >= 0.3 is 6.18 Å². The Morgan fingerprint density at radius 1 is 1.07 bits per heavy atom. The predicted octanol–water partition coefficient (Wildman–Crippen LogP) is 2.24. The molecule has 2 nitrogen and oxygen atoms in total. The second-order valence-corrected chi connectivity index (χ2v) is 4.26. The summed E-state index contributed by atoms with van der Waals surface area (Å²) < 4.78 is 36.0. The second kappa shape index (κ2) is 5.16. The molecule has 1 fully saturated rings. The SMILES string of the molecule is OC(CC(O)C(F)(F)F)C1CCCCC1. The molecule has 2 N–H and O–H groups in total. The summed E-state index contributed by atoms with van der Waals surface area (Å²) in [7, 11) is 0. The van der Waals surface area contributed by atoms with Crippen molar-refractivity contribution in [3.8, 4) is 0 Å². The predicted molar refractivity (Wildman–Crippen MR) is 49.3 cm³/mol. The topological polar surface area (TPSA) is 40.5 Å². The zero-order chi connectivity index (χ0) is 11.5. The van der Waals surface area contributed by atoms with Gasteiger partial charge in [0.05, 0.1) is 6.10 Å². The molecule has 1 rings (SSSR count). The maximum absolute atomic E-state index is 12.0. The lowest BCUT2D eigenvalue weighted by Gasteiger charge is -2.28. The molecule has 2 unspecified atom stereocenters. The summed E-state index contributed by atoms with van der Waals surface area (Å²) in [6.07, 6.45) is -4.07. The van der Waals surface area contributed by atoms with E-state index in [0.717, 1.165) is 32.1 Å². The molecule has 1 aliphatic carbocycles. The molecule has 0 heterocycles. The van der Waals surface area contributed by atoms with Crippen LogP contribution in [0.15, 0.2) is 0 Å². The molecule has 1 aliphatic rings. The van der Waals surface area contributed by atoms with Gasteiger partial charge in [-0.05, 0) is 18.8 Å². The van der Waals surface area contributed by atoms with Gasteiger partial charge in [0.2, 0.25) is 0 Å². The summed E-state index contributed by atoms with van der Waals surface area (Å²) in [5.41, 5.74) is 0. The van der Waals surface area contributed by atoms with Gasteiger partial charge < -0.3 is 10.2 Å². The Kier molecular flexibility index (Phi) is 4.40. The van der Waals surface area contributed by atoms with Crippen LogP contribution in [0.3, 0.4) is 0 Å². The average Bonchev–Trinajstić information content (AvgIpc) is 2.17. The summed E-state index contributed by atoms with van der Waals surface area (Å²) in [6, 6.07) is 0. The van der Waals surface area contributed by atoms with Crippen molar-refractivity contribution < 1.29 is 23.4 Å². The lowest BCUT2D eigenvalue weighted by Crippen LogP contribution is -2.35. The van der Waals surface area contributed by atoms with Crippen molar-refractivity contribution in [1.29, 1.82) is 0 Å². The molecule has 0 bridgehead atoms. The Bertz CT molecular complexity index is 188. The fourth-order valence-corrected chi connectivity index (χ4v) is 2.07. The number of aliphatic hydroxyl groups is 2. The first-order valence-electron chi connectivity index (χ1n) is 5.34. The molecule has 0 amide bonds. The molecule has 15 heavy (non-hydrogen) atoms. The molecule has 0 aliphatic heterocycles. The Hall–Kier alpha value is -0.290. The van der Waals surface area contributed by atoms with E-state index >= 15 is 0 Å². The van der Waals surface area contributed by atoms with E-state index in [0.29, 0.717) is 0 Å². The zero-order valence-corrected chi connectivity index (χ0v) is 8.50. The molecule has 90 valence electrons. The van der Waals surface area contributed by atoms with Crippen LogP contribution in [-0.4, -0.2) is 28.6 Å². The first kappa shape index (κ1) is 12.8. The van der Waals surface area contributed by atoms with Crippen LogP contribution in [0.4, 0.5) is 13.2 Å². The fraction of sp³-hybridized carbons (Fsp3) is 1.00. The minimum absolute atomic E-state index is 0.0734. The maximum atomic E-state index is 12.0. The monoisotopic (exact) mass is 226 g/mol. The zero-order valence-electron chi connectivity index (χ0n) is 8.50. The molecule has 0 aromatic rings. The van der Waals surface area contributed by atoms with Crippen LogP contribution in [0.1, 0.15) is 38.5 Å². The number of alkyl halides is 3. The van der Waals surface area contributed by atoms with Crippen molar-refractivity contribution in [2.45, 2.75) is 56.9 Å². The number of hydrogen-bond acceptors (Lipinski definition) is 2. The lowest BCUT2D eigenvalue weighted by molar-refractivity contribution is -0.212. The van der Waals surface area contributed by atoms with Gasteiger partial charge in [0.15, 0.2) is 6.10 Å². The summed E-state index contributed by atoms with van der Waals surface area (Å²) >= 11 is 0. The Morgan fingerprint density at radius 2 is 1.60 bits per heavy atom. The van der Waals surface area contributed by atoms with E-state index in [2.05, 4.69) is 0 Å². The highest BCUT2D eigenvalue weighted by molar-refractivity contribution is 4.78. The minimum atomic E-state index is -4.62. The highest BCUT2D eigenvalue weighted by atomic mass is 19.4. The molecule has 1 saturated carbocycles. The molecular weight excluding hydrogens is 209 g/mol. The van der Waals surface area contributed by atoms with Crippen LogP contribution in [0.2, 0.25) is 0 Å². The van der Waals surface area contributed by atoms with Crippen LogP contribution in [-0.2, 0) is 0 Å². The summed E-state index contributed by atoms with van der Waals surface area (Å²) in [5, 5.41) is 18.3. The number of halogens is 3. The largest absolute Gasteiger partial charge is 0.414 e. The quantitative estimate of drug-likeness (QED) is 0.774. The van der Waals surface area contributed by atoms with Gasteiger partial charge in [-0.1, -0.05) is 19.3 Å². The van der Waals surface area contributed by atoms with Crippen LogP contribution >= 0.6 is 0 Å². The Labute approximate surface area is 87.1 Å². The first-order valence-corrected chi connectivity index (χ1v) is 5.34. The van der Waals surface area contributed by atoms with Crippen molar-refractivity contribution in [2.75, 3.05) is 0 Å². The molecule has 0 saturated heterocycles. The summed E-state index contributed by atoms with van der Waals surface area (Å²) in [6.45, 7) is 0. The second-order valence-electron chi connectivity index (χ2n) is 4.26. The van der Waals surface area contributed by atoms with E-state index < -0.39 is 24.8 Å². The third-order valence-corrected chi connectivity index (χ3v) is 3.04. The van der Waals surface area contributed by atoms with Crippen molar-refractivity contribution in [2.24, 2.45) is 5.92 Å². The summed E-state index contributed by atoms with van der Waals surface area (Å²) in [5.74, 6) is -0.0734. The van der Waals surface area contributed by atoms with Crippen LogP contribution in [0.5, 0.6) is 0 Å². The molecule has 0 radical (unpaired) electrons. The van der Waals surface area contributed by atoms with Crippen LogP contribution in [0, 0.1) is 5.92 Å². The van der Waals surface area contributed by atoms with Crippen molar-refractivity contribution in [3.63, 3.8) is 0 Å². The van der Waals surface area contributed by atoms with Gasteiger partial charge in [-0.3, -0.25) is 0 Å². The molecule has 0 spiro atoms. The van der Waals surface area contributed by atoms with E-state index in [-0.39, 0.29) is 5.92 Å². The standard InChI is InChI=1S/C10H17F3O2/c11-10(12,13)9(15)6-8(14)7-4-2-1-3-5-7/h7-9,14-15H,1-6H2. The Morgan fingerprint density at radius 3 is 2.07 bits per heavy atom. The summed E-state index contributed by atoms with van der Waals surface area (Å²) in [4.78, 5) is 0. The van der Waals surface area contributed by atoms with E-state index in [4.69, 9.17) is 5.11 Å². The van der Waals surface area contributed by atoms with E-state index in [9.17, 15) is 18.3 Å². The third-order valence-electron chi connectivity index (χ3n) is 3.04. The minimum Gasteiger partial charge on any atom is -0.393 e. The van der Waals surface area contributed by atoms with E-state index in [1.54, 1.807) is 0 Å². The Balaban J connectivity index is 2.36. The van der Waals surface area contributed by atoms with Gasteiger partial charge in [0.1, 0.15) is 0 Å².